The first-order valence-electron chi connectivity index (χ1n) is 8.43. The van der Waals surface area contributed by atoms with Crippen molar-refractivity contribution in [2.45, 2.75) is 26.4 Å². The Balaban J connectivity index is 1.38. The second-order valence-corrected chi connectivity index (χ2v) is 6.44. The number of nitrogens with zero attached hydrogens (tertiary/aromatic N) is 4. The first-order valence-corrected chi connectivity index (χ1v) is 8.43. The third-order valence-electron chi connectivity index (χ3n) is 4.68. The Hall–Kier alpha value is -2.18. The normalized spacial score (nSPS) is 18.2. The number of piperazine rings is 1. The maximum Gasteiger partial charge on any atom is 0.212 e. The summed E-state index contributed by atoms with van der Waals surface area (Å²) in [7, 11) is 0. The van der Waals surface area contributed by atoms with Gasteiger partial charge in [0.2, 0.25) is 5.89 Å². The van der Waals surface area contributed by atoms with Crippen molar-refractivity contribution in [3.8, 4) is 0 Å². The standard InChI is InChI=1S/C18H22N4O2/c1-13-11-15(24-20-13)12-21-7-9-22(10-8-21)14(2)18-19-16-5-3-4-6-17(16)23-18/h3-6,11,14H,7-10,12H2,1-2H3. The lowest BCUT2D eigenvalue weighted by Gasteiger charge is -2.36. The van der Waals surface area contributed by atoms with Crippen LogP contribution in [0.5, 0.6) is 0 Å². The molecule has 0 radical (unpaired) electrons. The number of hydrogen-bond acceptors (Lipinski definition) is 6. The monoisotopic (exact) mass is 326 g/mol. The third kappa shape index (κ3) is 3.07. The van der Waals surface area contributed by atoms with Crippen LogP contribution in [0.2, 0.25) is 0 Å². The molecule has 1 unspecified atom stereocenters. The van der Waals surface area contributed by atoms with Gasteiger partial charge in [0.25, 0.3) is 0 Å². The minimum atomic E-state index is 0.187. The van der Waals surface area contributed by atoms with Crippen molar-refractivity contribution in [2.75, 3.05) is 26.2 Å². The van der Waals surface area contributed by atoms with Crippen molar-refractivity contribution >= 4 is 11.1 Å². The van der Waals surface area contributed by atoms with Crippen LogP contribution in [0.4, 0.5) is 0 Å². The molecule has 0 spiro atoms. The number of benzene rings is 1. The molecular formula is C18H22N4O2. The maximum absolute atomic E-state index is 5.92. The van der Waals surface area contributed by atoms with E-state index in [9.17, 15) is 0 Å². The number of aryl methyl sites for hydroxylation is 1. The Kier molecular flexibility index (Phi) is 4.08. The Bertz CT molecular complexity index is 784. The van der Waals surface area contributed by atoms with Gasteiger partial charge in [-0.15, -0.1) is 0 Å². The number of aromatic nitrogens is 2. The molecule has 6 nitrogen and oxygen atoms in total. The lowest BCUT2D eigenvalue weighted by molar-refractivity contribution is 0.0828. The average Bonchev–Trinajstić information content (AvgIpc) is 3.21. The van der Waals surface area contributed by atoms with Crippen LogP contribution >= 0.6 is 0 Å². The molecule has 6 heteroatoms. The van der Waals surface area contributed by atoms with Crippen LogP contribution < -0.4 is 0 Å². The second kappa shape index (κ2) is 6.37. The Morgan fingerprint density at radius 1 is 1.17 bits per heavy atom. The van der Waals surface area contributed by atoms with Gasteiger partial charge in [0.15, 0.2) is 11.3 Å². The molecule has 24 heavy (non-hydrogen) atoms. The van der Waals surface area contributed by atoms with Crippen molar-refractivity contribution in [1.82, 2.24) is 19.9 Å². The topological polar surface area (TPSA) is 58.5 Å². The van der Waals surface area contributed by atoms with E-state index in [4.69, 9.17) is 8.94 Å². The SMILES string of the molecule is Cc1cc(CN2CCN(C(C)c3nc4ccccc4o3)CC2)on1. The Morgan fingerprint density at radius 3 is 2.67 bits per heavy atom. The first kappa shape index (κ1) is 15.4. The molecule has 0 bridgehead atoms. The fourth-order valence-corrected chi connectivity index (χ4v) is 3.24. The predicted octanol–water partition coefficient (Wildman–Crippen LogP) is 3.00. The molecule has 1 aliphatic heterocycles. The largest absolute Gasteiger partial charge is 0.439 e. The highest BCUT2D eigenvalue weighted by atomic mass is 16.5. The van der Waals surface area contributed by atoms with Gasteiger partial charge < -0.3 is 8.94 Å². The second-order valence-electron chi connectivity index (χ2n) is 6.44. The molecule has 0 aliphatic carbocycles. The van der Waals surface area contributed by atoms with Crippen LogP contribution in [0.15, 0.2) is 39.3 Å². The van der Waals surface area contributed by atoms with Crippen molar-refractivity contribution in [1.29, 1.82) is 0 Å². The van der Waals surface area contributed by atoms with Crippen LogP contribution in [-0.2, 0) is 6.54 Å². The van der Waals surface area contributed by atoms with E-state index >= 15 is 0 Å². The van der Waals surface area contributed by atoms with E-state index < -0.39 is 0 Å². The molecule has 0 saturated carbocycles. The van der Waals surface area contributed by atoms with Gasteiger partial charge in [0, 0.05) is 32.2 Å². The molecule has 1 aliphatic rings. The van der Waals surface area contributed by atoms with Crippen molar-refractivity contribution < 1.29 is 8.94 Å². The van der Waals surface area contributed by atoms with Gasteiger partial charge in [-0.2, -0.15) is 0 Å². The van der Waals surface area contributed by atoms with Crippen LogP contribution in [0, 0.1) is 6.92 Å². The summed E-state index contributed by atoms with van der Waals surface area (Å²) in [5, 5.41) is 3.95. The van der Waals surface area contributed by atoms with Gasteiger partial charge in [0.1, 0.15) is 5.52 Å². The lowest BCUT2D eigenvalue weighted by Crippen LogP contribution is -2.46. The smallest absolute Gasteiger partial charge is 0.212 e. The summed E-state index contributed by atoms with van der Waals surface area (Å²) >= 11 is 0. The van der Waals surface area contributed by atoms with Gasteiger partial charge in [-0.05, 0) is 26.0 Å². The fourth-order valence-electron chi connectivity index (χ4n) is 3.24. The number of fused-ring (bicyclic) bond motifs is 1. The zero-order valence-corrected chi connectivity index (χ0v) is 14.1. The molecule has 1 fully saturated rings. The summed E-state index contributed by atoms with van der Waals surface area (Å²) in [4.78, 5) is 9.45. The number of para-hydroxylation sites is 2. The van der Waals surface area contributed by atoms with Gasteiger partial charge in [-0.25, -0.2) is 4.98 Å². The molecule has 126 valence electrons. The van der Waals surface area contributed by atoms with Crippen LogP contribution in [0.25, 0.3) is 11.1 Å². The summed E-state index contributed by atoms with van der Waals surface area (Å²) in [6.07, 6.45) is 0. The van der Waals surface area contributed by atoms with Gasteiger partial charge in [0.05, 0.1) is 18.3 Å². The molecule has 2 aromatic heterocycles. The van der Waals surface area contributed by atoms with Crippen molar-refractivity contribution in [2.24, 2.45) is 0 Å². The molecule has 1 saturated heterocycles. The highest BCUT2D eigenvalue weighted by molar-refractivity contribution is 5.72. The fraction of sp³-hybridized carbons (Fsp3) is 0.444. The van der Waals surface area contributed by atoms with E-state index in [-0.39, 0.29) is 6.04 Å². The maximum atomic E-state index is 5.92. The minimum Gasteiger partial charge on any atom is -0.439 e. The van der Waals surface area contributed by atoms with Crippen LogP contribution in [-0.4, -0.2) is 46.1 Å². The quantitative estimate of drug-likeness (QED) is 0.734. The predicted molar refractivity (Wildman–Crippen MR) is 90.5 cm³/mol. The lowest BCUT2D eigenvalue weighted by atomic mass is 10.2. The molecule has 3 aromatic rings. The van der Waals surface area contributed by atoms with E-state index in [1.54, 1.807) is 0 Å². The third-order valence-corrected chi connectivity index (χ3v) is 4.68. The average molecular weight is 326 g/mol. The summed E-state index contributed by atoms with van der Waals surface area (Å²) in [5.74, 6) is 1.74. The molecule has 1 atom stereocenters. The zero-order valence-electron chi connectivity index (χ0n) is 14.1. The van der Waals surface area contributed by atoms with Crippen molar-refractivity contribution in [3.05, 3.63) is 47.7 Å². The van der Waals surface area contributed by atoms with E-state index in [0.717, 1.165) is 61.2 Å². The van der Waals surface area contributed by atoms with Gasteiger partial charge in [-0.1, -0.05) is 17.3 Å². The van der Waals surface area contributed by atoms with E-state index in [1.807, 2.05) is 37.3 Å². The molecule has 4 rings (SSSR count). The molecule has 1 aromatic carbocycles. The van der Waals surface area contributed by atoms with E-state index in [2.05, 4.69) is 26.9 Å². The summed E-state index contributed by atoms with van der Waals surface area (Å²) in [6.45, 7) is 8.94. The van der Waals surface area contributed by atoms with Crippen LogP contribution in [0.1, 0.15) is 30.3 Å². The van der Waals surface area contributed by atoms with Crippen LogP contribution in [0.3, 0.4) is 0 Å². The zero-order chi connectivity index (χ0) is 16.5. The molecule has 0 amide bonds. The van der Waals surface area contributed by atoms with Gasteiger partial charge >= 0.3 is 0 Å². The van der Waals surface area contributed by atoms with E-state index in [0.29, 0.717) is 0 Å². The van der Waals surface area contributed by atoms with Gasteiger partial charge in [-0.3, -0.25) is 9.80 Å². The summed E-state index contributed by atoms with van der Waals surface area (Å²) in [6, 6.07) is 10.1. The van der Waals surface area contributed by atoms with Crippen molar-refractivity contribution in [3.63, 3.8) is 0 Å². The summed E-state index contributed by atoms with van der Waals surface area (Å²) in [5.41, 5.74) is 2.73. The highest BCUT2D eigenvalue weighted by Gasteiger charge is 2.25. The van der Waals surface area contributed by atoms with E-state index in [1.165, 1.54) is 0 Å². The number of hydrogen-bond donors (Lipinski definition) is 0. The highest BCUT2D eigenvalue weighted by Crippen LogP contribution is 2.25. The molecule has 0 N–H and O–H groups in total. The number of oxazole rings is 1. The first-order chi connectivity index (χ1) is 11.7. The number of rotatable bonds is 4. The molecule has 3 heterocycles. The molecular weight excluding hydrogens is 304 g/mol. The Morgan fingerprint density at radius 2 is 1.96 bits per heavy atom. The summed E-state index contributed by atoms with van der Waals surface area (Å²) < 4.78 is 11.2. The minimum absolute atomic E-state index is 0.187. The Labute approximate surface area is 141 Å².